The summed E-state index contributed by atoms with van der Waals surface area (Å²) in [4.78, 5) is 42.9. The molecule has 0 saturated carbocycles. The summed E-state index contributed by atoms with van der Waals surface area (Å²) in [5, 5.41) is 30.3. The van der Waals surface area contributed by atoms with E-state index >= 15 is 0 Å². The number of carbonyl (C=O) groups is 2. The van der Waals surface area contributed by atoms with Gasteiger partial charge in [0.25, 0.3) is 0 Å². The highest BCUT2D eigenvalue weighted by atomic mass is 31.2. The first-order chi connectivity index (χ1) is 27.5. The fourth-order valence-electron chi connectivity index (χ4n) is 6.01. The highest BCUT2D eigenvalue weighted by Gasteiger charge is 2.23. The summed E-state index contributed by atoms with van der Waals surface area (Å²) in [6, 6.07) is 0. The van der Waals surface area contributed by atoms with Crippen LogP contribution in [0.25, 0.3) is 0 Å². The van der Waals surface area contributed by atoms with Crippen LogP contribution in [0.15, 0.2) is 60.8 Å². The van der Waals surface area contributed by atoms with E-state index in [0.717, 1.165) is 25.7 Å². The average molecular weight is 827 g/mol. The summed E-state index contributed by atoms with van der Waals surface area (Å²) >= 11 is 0. The van der Waals surface area contributed by atoms with Crippen LogP contribution in [0.3, 0.4) is 0 Å². The molecule has 11 nitrogen and oxygen atoms in total. The smallest absolute Gasteiger partial charge is 0.462 e. The monoisotopic (exact) mass is 827 g/mol. The van der Waals surface area contributed by atoms with Crippen LogP contribution >= 0.6 is 7.82 Å². The van der Waals surface area contributed by atoms with E-state index in [1.165, 1.54) is 102 Å². The fourth-order valence-corrected chi connectivity index (χ4v) is 6.37. The number of hydrogen-bond acceptors (Lipinski definition) is 9. The number of allylic oxidation sites excluding steroid dienone is 7. The van der Waals surface area contributed by atoms with Crippen LogP contribution in [0.2, 0.25) is 0 Å². The first kappa shape index (κ1) is 54.6. The van der Waals surface area contributed by atoms with Gasteiger partial charge in [0.2, 0.25) is 0 Å². The van der Waals surface area contributed by atoms with Crippen molar-refractivity contribution in [2.24, 2.45) is 0 Å². The number of hydrogen-bond donors (Lipinski definition) is 5. The number of ether oxygens (including phenoxy) is 2. The van der Waals surface area contributed by atoms with Gasteiger partial charge in [-0.2, -0.15) is 0 Å². The Morgan fingerprint density at radius 2 is 1.05 bits per heavy atom. The van der Waals surface area contributed by atoms with Gasteiger partial charge in [-0.1, -0.05) is 190 Å². The molecule has 0 aromatic carbocycles. The number of aliphatic hydroxyl groups is 3. The van der Waals surface area contributed by atoms with Crippen LogP contribution in [0.4, 0.5) is 0 Å². The van der Waals surface area contributed by atoms with Crippen molar-refractivity contribution >= 4 is 19.8 Å². The molecule has 57 heavy (non-hydrogen) atoms. The third-order valence-corrected chi connectivity index (χ3v) is 9.88. The first-order valence-corrected chi connectivity index (χ1v) is 23.4. The Kier molecular flexibility index (Phi) is 37.5. The van der Waals surface area contributed by atoms with E-state index in [0.29, 0.717) is 12.8 Å². The van der Waals surface area contributed by atoms with Crippen molar-refractivity contribution in [1.82, 2.24) is 0 Å². The third-order valence-electron chi connectivity index (χ3n) is 9.39. The lowest BCUT2D eigenvalue weighted by Gasteiger charge is -2.19. The number of unbranched alkanes of at least 4 members (excludes halogenated alkanes) is 18. The molecule has 0 amide bonds. The van der Waals surface area contributed by atoms with Gasteiger partial charge in [-0.25, -0.2) is 4.57 Å². The van der Waals surface area contributed by atoms with Crippen LogP contribution in [-0.2, 0) is 28.2 Å². The molecule has 0 unspecified atom stereocenters. The van der Waals surface area contributed by atoms with E-state index in [2.05, 4.69) is 11.4 Å². The predicted octanol–water partition coefficient (Wildman–Crippen LogP) is 10.2. The maximum absolute atomic E-state index is 12.4. The Balaban J connectivity index is 4.19. The van der Waals surface area contributed by atoms with E-state index in [-0.39, 0.29) is 25.7 Å². The minimum absolute atomic E-state index is 0.0862. The Bertz CT molecular complexity index is 1160. The summed E-state index contributed by atoms with van der Waals surface area (Å²) in [5.41, 5.74) is 0. The average Bonchev–Trinajstić information content (AvgIpc) is 3.17. The molecule has 12 heteroatoms. The molecule has 0 rings (SSSR count). The lowest BCUT2D eigenvalue weighted by atomic mass is 10.0. The van der Waals surface area contributed by atoms with Crippen molar-refractivity contribution in [2.75, 3.05) is 13.2 Å². The van der Waals surface area contributed by atoms with Crippen LogP contribution in [0.1, 0.15) is 174 Å². The largest absolute Gasteiger partial charge is 0.469 e. The minimum atomic E-state index is -4.86. The Hall–Kier alpha value is -2.37. The number of phosphoric acid groups is 1. The van der Waals surface area contributed by atoms with Gasteiger partial charge >= 0.3 is 19.8 Å². The second-order valence-corrected chi connectivity index (χ2v) is 16.1. The Labute approximate surface area is 345 Å². The van der Waals surface area contributed by atoms with E-state index < -0.39 is 57.4 Å². The van der Waals surface area contributed by atoms with Gasteiger partial charge in [-0.15, -0.1) is 0 Å². The van der Waals surface area contributed by atoms with E-state index in [9.17, 15) is 29.5 Å². The lowest BCUT2D eigenvalue weighted by molar-refractivity contribution is -0.161. The highest BCUT2D eigenvalue weighted by molar-refractivity contribution is 7.46. The molecule has 0 saturated heterocycles. The van der Waals surface area contributed by atoms with E-state index in [1.54, 1.807) is 42.5 Å². The number of esters is 2. The Morgan fingerprint density at radius 1 is 0.579 bits per heavy atom. The maximum Gasteiger partial charge on any atom is 0.469 e. The zero-order chi connectivity index (χ0) is 42.2. The lowest BCUT2D eigenvalue weighted by Crippen LogP contribution is -2.29. The quantitative estimate of drug-likeness (QED) is 0.0131. The van der Waals surface area contributed by atoms with Gasteiger partial charge < -0.3 is 34.6 Å². The highest BCUT2D eigenvalue weighted by Crippen LogP contribution is 2.36. The van der Waals surface area contributed by atoms with Gasteiger partial charge in [0.05, 0.1) is 24.9 Å². The fraction of sp³-hybridized carbons (Fsp3) is 0.733. The van der Waals surface area contributed by atoms with Gasteiger partial charge in [0.15, 0.2) is 6.10 Å². The molecule has 0 spiro atoms. The number of rotatable bonds is 39. The van der Waals surface area contributed by atoms with Gasteiger partial charge in [0.1, 0.15) is 6.61 Å². The summed E-state index contributed by atoms with van der Waals surface area (Å²) in [7, 11) is -4.86. The second-order valence-electron chi connectivity index (χ2n) is 14.9. The molecule has 4 atom stereocenters. The van der Waals surface area contributed by atoms with Crippen LogP contribution in [0.5, 0.6) is 0 Å². The molecule has 330 valence electrons. The van der Waals surface area contributed by atoms with Crippen molar-refractivity contribution in [3.8, 4) is 0 Å². The van der Waals surface area contributed by atoms with Crippen LogP contribution in [0, 0.1) is 0 Å². The minimum Gasteiger partial charge on any atom is -0.462 e. The SMILES string of the molecule is CC/C=C\C[C@H](O)/C=C/C=C/C=C\C=C/[C@@H](O)[C@H](O)CCCC(=O)O[C@H](COC(=O)CCCCCCCCCCCCCCCCCCCCC)COP(=O)(O)O. The zero-order valence-corrected chi connectivity index (χ0v) is 36.2. The van der Waals surface area contributed by atoms with E-state index in [1.807, 2.05) is 19.1 Å². The third kappa shape index (κ3) is 40.2. The van der Waals surface area contributed by atoms with Crippen molar-refractivity contribution in [3.05, 3.63) is 60.8 Å². The first-order valence-electron chi connectivity index (χ1n) is 21.9. The number of carbonyl (C=O) groups excluding carboxylic acids is 2. The molecular weight excluding hydrogens is 747 g/mol. The molecule has 0 aliphatic carbocycles. The molecule has 0 radical (unpaired) electrons. The topological polar surface area (TPSA) is 180 Å². The van der Waals surface area contributed by atoms with Crippen molar-refractivity contribution in [3.63, 3.8) is 0 Å². The summed E-state index contributed by atoms with van der Waals surface area (Å²) < 4.78 is 26.2. The Morgan fingerprint density at radius 3 is 1.56 bits per heavy atom. The molecular formula is C45H79O11P. The molecule has 0 aliphatic rings. The molecule has 0 aromatic heterocycles. The number of phosphoric ester groups is 1. The maximum atomic E-state index is 12.4. The molecule has 0 aromatic rings. The molecule has 0 fully saturated rings. The van der Waals surface area contributed by atoms with Gasteiger partial charge in [-0.3, -0.25) is 14.1 Å². The predicted molar refractivity (Wildman–Crippen MR) is 229 cm³/mol. The molecule has 0 heterocycles. The standard InChI is InChI=1S/C45H79O11P/c1-3-5-7-8-9-10-11-12-13-14-15-16-17-18-19-20-21-26-30-36-44(49)54-38-41(39-55-57(51,52)53)56-45(50)37-31-35-43(48)42(47)34-29-25-23-22-24-28-33-40(46)32-27-6-4-2/h6,22-25,27-29,33-34,40-43,46-48H,3-5,7-21,26,30-32,35-39H2,1-2H3,(H2,51,52,53)/b24-22+,25-23-,27-6-,33-28+,34-29-/t40-,41+,42+,43+/m0/s1. The summed E-state index contributed by atoms with van der Waals surface area (Å²) in [6.07, 6.45) is 38.9. The van der Waals surface area contributed by atoms with Crippen LogP contribution < -0.4 is 0 Å². The van der Waals surface area contributed by atoms with Crippen molar-refractivity contribution in [2.45, 2.75) is 199 Å². The normalized spacial score (nSPS) is 14.7. The molecule has 5 N–H and O–H groups in total. The van der Waals surface area contributed by atoms with E-state index in [4.69, 9.17) is 19.3 Å². The summed E-state index contributed by atoms with van der Waals surface area (Å²) in [5.74, 6) is -1.21. The number of aliphatic hydroxyl groups excluding tert-OH is 3. The van der Waals surface area contributed by atoms with Crippen molar-refractivity contribution in [1.29, 1.82) is 0 Å². The van der Waals surface area contributed by atoms with Gasteiger partial charge in [0, 0.05) is 12.8 Å². The molecule has 0 bridgehead atoms. The van der Waals surface area contributed by atoms with Gasteiger partial charge in [-0.05, 0) is 32.1 Å². The van der Waals surface area contributed by atoms with Crippen molar-refractivity contribution < 1.29 is 53.3 Å². The van der Waals surface area contributed by atoms with Crippen LogP contribution in [-0.4, -0.2) is 74.7 Å². The zero-order valence-electron chi connectivity index (χ0n) is 35.3. The molecule has 0 aliphatic heterocycles. The second kappa shape index (κ2) is 39.1. The summed E-state index contributed by atoms with van der Waals surface area (Å²) in [6.45, 7) is 3.22.